The summed E-state index contributed by atoms with van der Waals surface area (Å²) in [4.78, 5) is 0. The van der Waals surface area contributed by atoms with Crippen LogP contribution in [0, 0.1) is 11.6 Å². The molecule has 0 saturated carbocycles. The number of benzene rings is 1. The first-order valence-electron chi connectivity index (χ1n) is 3.81. The zero-order chi connectivity index (χ0) is 10.0. The lowest BCUT2D eigenvalue weighted by Crippen LogP contribution is -2.04. The number of rotatable bonds is 2. The molecule has 1 unspecified atom stereocenters. The summed E-state index contributed by atoms with van der Waals surface area (Å²) >= 11 is 0. The van der Waals surface area contributed by atoms with E-state index in [1.807, 2.05) is 0 Å². The third kappa shape index (κ3) is 1.92. The van der Waals surface area contributed by atoms with Crippen LogP contribution in [0.3, 0.4) is 0 Å². The van der Waals surface area contributed by atoms with E-state index in [2.05, 4.69) is 6.58 Å². The van der Waals surface area contributed by atoms with Gasteiger partial charge in [0.15, 0.2) is 0 Å². The Labute approximate surface area is 75.3 Å². The molecule has 1 N–H and O–H groups in total. The molecule has 13 heavy (non-hydrogen) atoms. The van der Waals surface area contributed by atoms with Gasteiger partial charge in [-0.3, -0.25) is 0 Å². The molecule has 0 aliphatic heterocycles. The molecule has 0 amide bonds. The summed E-state index contributed by atoms with van der Waals surface area (Å²) in [6, 6.07) is 3.45. The van der Waals surface area contributed by atoms with Crippen LogP contribution in [0.15, 0.2) is 30.4 Å². The normalized spacial score (nSPS) is 12.6. The average molecular weight is 184 g/mol. The summed E-state index contributed by atoms with van der Waals surface area (Å²) < 4.78 is 26.0. The van der Waals surface area contributed by atoms with Crippen LogP contribution in [0.2, 0.25) is 0 Å². The number of hydrogen-bond donors (Lipinski definition) is 1. The maximum Gasteiger partial charge on any atom is 0.132 e. The molecule has 0 spiro atoms. The highest BCUT2D eigenvalue weighted by molar-refractivity contribution is 5.27. The van der Waals surface area contributed by atoms with Crippen LogP contribution in [-0.2, 0) is 0 Å². The third-order valence-electron chi connectivity index (χ3n) is 1.74. The van der Waals surface area contributed by atoms with Gasteiger partial charge < -0.3 is 5.11 Å². The number of hydrogen-bond acceptors (Lipinski definition) is 1. The van der Waals surface area contributed by atoms with Crippen molar-refractivity contribution in [2.45, 2.75) is 13.0 Å². The number of aliphatic hydroxyl groups excluding tert-OH is 1. The van der Waals surface area contributed by atoms with Gasteiger partial charge in [0.25, 0.3) is 0 Å². The van der Waals surface area contributed by atoms with Crippen LogP contribution < -0.4 is 0 Å². The fraction of sp³-hybridized carbons (Fsp3) is 0.200. The SMILES string of the molecule is C=C(C)C(O)c1c(F)cccc1F. The van der Waals surface area contributed by atoms with Crippen molar-refractivity contribution in [1.29, 1.82) is 0 Å². The summed E-state index contributed by atoms with van der Waals surface area (Å²) in [6.07, 6.45) is -1.28. The van der Waals surface area contributed by atoms with E-state index < -0.39 is 17.7 Å². The van der Waals surface area contributed by atoms with Crippen molar-refractivity contribution >= 4 is 0 Å². The van der Waals surface area contributed by atoms with Crippen molar-refractivity contribution in [1.82, 2.24) is 0 Å². The first kappa shape index (κ1) is 9.86. The molecule has 0 aliphatic rings. The van der Waals surface area contributed by atoms with Gasteiger partial charge in [0.05, 0.1) is 5.56 Å². The Kier molecular flexibility index (Phi) is 2.78. The van der Waals surface area contributed by atoms with Crippen molar-refractivity contribution < 1.29 is 13.9 Å². The van der Waals surface area contributed by atoms with E-state index in [0.717, 1.165) is 12.1 Å². The van der Waals surface area contributed by atoms with Gasteiger partial charge in [-0.15, -0.1) is 0 Å². The Balaban J connectivity index is 3.20. The van der Waals surface area contributed by atoms with Gasteiger partial charge in [0, 0.05) is 0 Å². The van der Waals surface area contributed by atoms with E-state index >= 15 is 0 Å². The zero-order valence-corrected chi connectivity index (χ0v) is 7.22. The predicted octanol–water partition coefficient (Wildman–Crippen LogP) is 2.57. The Bertz CT molecular complexity index is 313. The third-order valence-corrected chi connectivity index (χ3v) is 1.74. The monoisotopic (exact) mass is 184 g/mol. The van der Waals surface area contributed by atoms with E-state index in [9.17, 15) is 13.9 Å². The molecule has 1 aromatic carbocycles. The largest absolute Gasteiger partial charge is 0.384 e. The van der Waals surface area contributed by atoms with Crippen LogP contribution in [-0.4, -0.2) is 5.11 Å². The van der Waals surface area contributed by atoms with Crippen LogP contribution in [0.1, 0.15) is 18.6 Å². The molecule has 0 radical (unpaired) electrons. The summed E-state index contributed by atoms with van der Waals surface area (Å²) in [6.45, 7) is 4.94. The Morgan fingerprint density at radius 1 is 1.38 bits per heavy atom. The fourth-order valence-corrected chi connectivity index (χ4v) is 1.02. The molecule has 1 atom stereocenters. The van der Waals surface area contributed by atoms with E-state index in [1.54, 1.807) is 0 Å². The van der Waals surface area contributed by atoms with Crippen molar-refractivity contribution in [2.24, 2.45) is 0 Å². The number of aliphatic hydroxyl groups is 1. The van der Waals surface area contributed by atoms with Gasteiger partial charge in [-0.25, -0.2) is 8.78 Å². The first-order chi connectivity index (χ1) is 6.04. The first-order valence-corrected chi connectivity index (χ1v) is 3.81. The maximum atomic E-state index is 13.0. The lowest BCUT2D eigenvalue weighted by atomic mass is 10.0. The van der Waals surface area contributed by atoms with Crippen LogP contribution in [0.5, 0.6) is 0 Å². The van der Waals surface area contributed by atoms with Crippen molar-refractivity contribution in [3.05, 3.63) is 47.5 Å². The maximum absolute atomic E-state index is 13.0. The van der Waals surface area contributed by atoms with E-state index in [4.69, 9.17) is 0 Å². The predicted molar refractivity (Wildman–Crippen MR) is 46.1 cm³/mol. The molecular formula is C10H10F2O. The lowest BCUT2D eigenvalue weighted by Gasteiger charge is -2.11. The second-order valence-corrected chi connectivity index (χ2v) is 2.88. The van der Waals surface area contributed by atoms with Gasteiger partial charge in [-0.2, -0.15) is 0 Å². The van der Waals surface area contributed by atoms with Crippen LogP contribution in [0.4, 0.5) is 8.78 Å². The molecule has 1 nitrogen and oxygen atoms in total. The molecule has 0 fully saturated rings. The highest BCUT2D eigenvalue weighted by Crippen LogP contribution is 2.24. The van der Waals surface area contributed by atoms with E-state index in [1.165, 1.54) is 13.0 Å². The van der Waals surface area contributed by atoms with E-state index in [0.29, 0.717) is 5.57 Å². The lowest BCUT2D eigenvalue weighted by molar-refractivity contribution is 0.205. The molecule has 1 aromatic rings. The van der Waals surface area contributed by atoms with Gasteiger partial charge in [0.2, 0.25) is 0 Å². The Morgan fingerprint density at radius 2 is 1.85 bits per heavy atom. The van der Waals surface area contributed by atoms with Crippen molar-refractivity contribution in [3.8, 4) is 0 Å². The Hall–Kier alpha value is -1.22. The second-order valence-electron chi connectivity index (χ2n) is 2.88. The highest BCUT2D eigenvalue weighted by atomic mass is 19.1. The van der Waals surface area contributed by atoms with Gasteiger partial charge >= 0.3 is 0 Å². The summed E-state index contributed by atoms with van der Waals surface area (Å²) in [7, 11) is 0. The van der Waals surface area contributed by atoms with Gasteiger partial charge in [-0.05, 0) is 24.6 Å². The molecule has 0 saturated heterocycles. The molecule has 0 aromatic heterocycles. The van der Waals surface area contributed by atoms with Crippen molar-refractivity contribution in [3.63, 3.8) is 0 Å². The highest BCUT2D eigenvalue weighted by Gasteiger charge is 2.17. The summed E-state index contributed by atoms with van der Waals surface area (Å²) in [5.74, 6) is -1.51. The minimum atomic E-state index is -1.28. The number of halogens is 2. The minimum Gasteiger partial charge on any atom is -0.384 e. The smallest absolute Gasteiger partial charge is 0.132 e. The van der Waals surface area contributed by atoms with Crippen LogP contribution >= 0.6 is 0 Å². The molecule has 0 bridgehead atoms. The molecule has 0 aliphatic carbocycles. The molecule has 1 rings (SSSR count). The summed E-state index contributed by atoms with van der Waals surface area (Å²) in [5, 5.41) is 9.38. The Morgan fingerprint density at radius 3 is 2.23 bits per heavy atom. The molecule has 70 valence electrons. The fourth-order valence-electron chi connectivity index (χ4n) is 1.02. The standard InChI is InChI=1S/C10H10F2O/c1-6(2)10(13)9-7(11)4-3-5-8(9)12/h3-5,10,13H,1H2,2H3. The molecular weight excluding hydrogens is 174 g/mol. The van der Waals surface area contributed by atoms with Crippen LogP contribution in [0.25, 0.3) is 0 Å². The molecule has 0 heterocycles. The van der Waals surface area contributed by atoms with Crippen molar-refractivity contribution in [2.75, 3.05) is 0 Å². The minimum absolute atomic E-state index is 0.309. The van der Waals surface area contributed by atoms with Gasteiger partial charge in [-0.1, -0.05) is 12.6 Å². The topological polar surface area (TPSA) is 20.2 Å². The van der Waals surface area contributed by atoms with Gasteiger partial charge in [0.1, 0.15) is 17.7 Å². The quantitative estimate of drug-likeness (QED) is 0.700. The average Bonchev–Trinajstić information content (AvgIpc) is 2.03. The van der Waals surface area contributed by atoms with E-state index in [-0.39, 0.29) is 5.56 Å². The summed E-state index contributed by atoms with van der Waals surface area (Å²) in [5.41, 5.74) is -0.0287. The molecule has 3 heteroatoms. The zero-order valence-electron chi connectivity index (χ0n) is 7.22. The second kappa shape index (κ2) is 3.66.